The van der Waals surface area contributed by atoms with Crippen molar-refractivity contribution in [1.29, 1.82) is 0 Å². The number of carbonyl (C=O) groups excluding carboxylic acids is 3. The summed E-state index contributed by atoms with van der Waals surface area (Å²) in [7, 11) is 0. The van der Waals surface area contributed by atoms with E-state index < -0.39 is 17.5 Å². The van der Waals surface area contributed by atoms with E-state index in [0.717, 1.165) is 40.2 Å². The lowest BCUT2D eigenvalue weighted by Crippen LogP contribution is -2.43. The fourth-order valence-electron chi connectivity index (χ4n) is 3.88. The number of fused-ring (bicyclic) bond motifs is 1. The first-order chi connectivity index (χ1) is 13.4. The van der Waals surface area contributed by atoms with Crippen LogP contribution in [0.3, 0.4) is 0 Å². The molecule has 7 heteroatoms. The highest BCUT2D eigenvalue weighted by atomic mass is 32.1. The summed E-state index contributed by atoms with van der Waals surface area (Å²) >= 11 is 1.57. The SMILES string of the molecule is Cc1ccsc1CNC(=O)CN1C(=O)NC(C)(c2ccc3c(c2)CCC3)C1=O. The average Bonchev–Trinajstić information content (AvgIpc) is 3.35. The second-order valence-corrected chi connectivity index (χ2v) is 8.59. The first kappa shape index (κ1) is 18.7. The molecular formula is C21H23N3O3S. The minimum Gasteiger partial charge on any atom is -0.350 e. The van der Waals surface area contributed by atoms with Crippen LogP contribution in [0, 0.1) is 6.92 Å². The standard InChI is InChI=1S/C21H23N3O3S/c1-13-8-9-28-17(13)11-22-18(25)12-24-19(26)21(2,23-20(24)27)16-7-6-14-4-3-5-15(14)10-16/h6-10H,3-5,11-12H2,1-2H3,(H,22,25)(H,23,27). The molecule has 146 valence electrons. The number of thiophene rings is 1. The van der Waals surface area contributed by atoms with Gasteiger partial charge in [0, 0.05) is 4.88 Å². The van der Waals surface area contributed by atoms with E-state index in [1.54, 1.807) is 18.3 Å². The van der Waals surface area contributed by atoms with Crippen LogP contribution in [0.25, 0.3) is 0 Å². The van der Waals surface area contributed by atoms with Gasteiger partial charge in [0.15, 0.2) is 0 Å². The van der Waals surface area contributed by atoms with Crippen LogP contribution in [-0.2, 0) is 34.5 Å². The molecule has 2 N–H and O–H groups in total. The summed E-state index contributed by atoms with van der Waals surface area (Å²) in [6.45, 7) is 3.80. The highest BCUT2D eigenvalue weighted by Gasteiger charge is 2.49. The predicted octanol–water partition coefficient (Wildman–Crippen LogP) is 2.63. The molecule has 1 aliphatic heterocycles. The van der Waals surface area contributed by atoms with Crippen molar-refractivity contribution in [2.45, 2.75) is 45.2 Å². The van der Waals surface area contributed by atoms with Crippen LogP contribution in [0.2, 0.25) is 0 Å². The van der Waals surface area contributed by atoms with E-state index in [9.17, 15) is 14.4 Å². The Kier molecular flexibility index (Phi) is 4.71. The lowest BCUT2D eigenvalue weighted by molar-refractivity contribution is -0.134. The third kappa shape index (κ3) is 3.20. The van der Waals surface area contributed by atoms with E-state index in [0.29, 0.717) is 6.54 Å². The molecule has 2 aromatic rings. The lowest BCUT2D eigenvalue weighted by atomic mass is 9.89. The Morgan fingerprint density at radius 2 is 2.04 bits per heavy atom. The maximum atomic E-state index is 13.0. The third-order valence-electron chi connectivity index (χ3n) is 5.67. The van der Waals surface area contributed by atoms with Gasteiger partial charge in [0.2, 0.25) is 5.91 Å². The number of nitrogens with one attached hydrogen (secondary N) is 2. The minimum atomic E-state index is -1.14. The van der Waals surface area contributed by atoms with E-state index >= 15 is 0 Å². The van der Waals surface area contributed by atoms with Gasteiger partial charge < -0.3 is 10.6 Å². The molecule has 2 heterocycles. The Bertz CT molecular complexity index is 968. The van der Waals surface area contributed by atoms with Gasteiger partial charge in [-0.25, -0.2) is 4.79 Å². The first-order valence-corrected chi connectivity index (χ1v) is 10.3. The number of nitrogens with zero attached hydrogens (tertiary/aromatic N) is 1. The molecule has 1 atom stereocenters. The Morgan fingerprint density at radius 3 is 2.79 bits per heavy atom. The number of hydrogen-bond donors (Lipinski definition) is 2. The lowest BCUT2D eigenvalue weighted by Gasteiger charge is -2.23. The predicted molar refractivity (Wildman–Crippen MR) is 107 cm³/mol. The van der Waals surface area contributed by atoms with Crippen molar-refractivity contribution in [3.05, 3.63) is 56.8 Å². The Labute approximate surface area is 167 Å². The number of rotatable bonds is 5. The fourth-order valence-corrected chi connectivity index (χ4v) is 4.73. The highest BCUT2D eigenvalue weighted by Crippen LogP contribution is 2.32. The molecular weight excluding hydrogens is 374 g/mol. The molecule has 28 heavy (non-hydrogen) atoms. The van der Waals surface area contributed by atoms with Crippen LogP contribution in [-0.4, -0.2) is 29.3 Å². The number of carbonyl (C=O) groups is 3. The van der Waals surface area contributed by atoms with Gasteiger partial charge in [-0.2, -0.15) is 0 Å². The Balaban J connectivity index is 1.46. The number of amides is 4. The zero-order chi connectivity index (χ0) is 19.9. The molecule has 6 nitrogen and oxygen atoms in total. The van der Waals surface area contributed by atoms with E-state index in [4.69, 9.17) is 0 Å². The highest BCUT2D eigenvalue weighted by molar-refractivity contribution is 7.10. The maximum Gasteiger partial charge on any atom is 0.325 e. The number of imide groups is 1. The van der Waals surface area contributed by atoms with E-state index in [1.165, 1.54) is 11.1 Å². The minimum absolute atomic E-state index is 0.282. The maximum absolute atomic E-state index is 13.0. The van der Waals surface area contributed by atoms with Crippen molar-refractivity contribution in [3.63, 3.8) is 0 Å². The van der Waals surface area contributed by atoms with Crippen molar-refractivity contribution in [3.8, 4) is 0 Å². The van der Waals surface area contributed by atoms with Gasteiger partial charge in [0.25, 0.3) is 5.91 Å². The van der Waals surface area contributed by atoms with Crippen LogP contribution in [0.15, 0.2) is 29.6 Å². The quantitative estimate of drug-likeness (QED) is 0.762. The normalized spacial score (nSPS) is 21.0. The van der Waals surface area contributed by atoms with Crippen LogP contribution >= 0.6 is 11.3 Å². The molecule has 0 saturated carbocycles. The second kappa shape index (κ2) is 7.05. The molecule has 4 rings (SSSR count). The van der Waals surface area contributed by atoms with Crippen molar-refractivity contribution in [2.75, 3.05) is 6.54 Å². The summed E-state index contributed by atoms with van der Waals surface area (Å²) in [5.74, 6) is -0.743. The van der Waals surface area contributed by atoms with Crippen LogP contribution in [0.1, 0.15) is 40.5 Å². The summed E-state index contributed by atoms with van der Waals surface area (Å²) in [4.78, 5) is 39.9. The summed E-state index contributed by atoms with van der Waals surface area (Å²) < 4.78 is 0. The van der Waals surface area contributed by atoms with Crippen molar-refractivity contribution in [1.82, 2.24) is 15.5 Å². The van der Waals surface area contributed by atoms with Gasteiger partial charge in [-0.05, 0) is 66.8 Å². The zero-order valence-electron chi connectivity index (χ0n) is 16.0. The van der Waals surface area contributed by atoms with E-state index in [-0.39, 0.29) is 12.5 Å². The summed E-state index contributed by atoms with van der Waals surface area (Å²) in [6, 6.07) is 7.43. The second-order valence-electron chi connectivity index (χ2n) is 7.59. The Morgan fingerprint density at radius 1 is 1.25 bits per heavy atom. The average molecular weight is 398 g/mol. The van der Waals surface area contributed by atoms with Crippen molar-refractivity contribution < 1.29 is 14.4 Å². The number of hydrogen-bond acceptors (Lipinski definition) is 4. The molecule has 1 aromatic heterocycles. The van der Waals surface area contributed by atoms with Crippen LogP contribution < -0.4 is 10.6 Å². The van der Waals surface area contributed by atoms with Gasteiger partial charge >= 0.3 is 6.03 Å². The smallest absolute Gasteiger partial charge is 0.325 e. The molecule has 0 radical (unpaired) electrons. The van der Waals surface area contributed by atoms with Crippen molar-refractivity contribution >= 4 is 29.2 Å². The van der Waals surface area contributed by atoms with Gasteiger partial charge in [-0.3, -0.25) is 14.5 Å². The fraction of sp³-hybridized carbons (Fsp3) is 0.381. The largest absolute Gasteiger partial charge is 0.350 e. The zero-order valence-corrected chi connectivity index (χ0v) is 16.8. The molecule has 4 amide bonds. The first-order valence-electron chi connectivity index (χ1n) is 9.44. The molecule has 1 aliphatic carbocycles. The van der Waals surface area contributed by atoms with E-state index in [2.05, 4.69) is 10.6 Å². The van der Waals surface area contributed by atoms with Crippen LogP contribution in [0.4, 0.5) is 4.79 Å². The van der Waals surface area contributed by atoms with Crippen LogP contribution in [0.5, 0.6) is 0 Å². The van der Waals surface area contributed by atoms with Gasteiger partial charge in [-0.15, -0.1) is 11.3 Å². The molecule has 2 aliphatic rings. The molecule has 1 saturated heterocycles. The van der Waals surface area contributed by atoms with Gasteiger partial charge in [0.05, 0.1) is 6.54 Å². The molecule has 1 unspecified atom stereocenters. The summed E-state index contributed by atoms with van der Waals surface area (Å²) in [5.41, 5.74) is 3.29. The summed E-state index contributed by atoms with van der Waals surface area (Å²) in [6.07, 6.45) is 3.17. The summed E-state index contributed by atoms with van der Waals surface area (Å²) in [5, 5.41) is 7.54. The Hall–Kier alpha value is -2.67. The van der Waals surface area contributed by atoms with Crippen molar-refractivity contribution in [2.24, 2.45) is 0 Å². The van der Waals surface area contributed by atoms with Gasteiger partial charge in [-0.1, -0.05) is 18.2 Å². The number of urea groups is 1. The van der Waals surface area contributed by atoms with E-state index in [1.807, 2.05) is 36.6 Å². The number of aryl methyl sites for hydroxylation is 3. The molecule has 0 bridgehead atoms. The monoisotopic (exact) mass is 397 g/mol. The molecule has 0 spiro atoms. The topological polar surface area (TPSA) is 78.5 Å². The third-order valence-corrected chi connectivity index (χ3v) is 6.69. The van der Waals surface area contributed by atoms with Gasteiger partial charge in [0.1, 0.15) is 12.1 Å². The molecule has 1 fully saturated rings. The number of benzene rings is 1. The molecule has 1 aromatic carbocycles.